The van der Waals surface area contributed by atoms with Crippen LogP contribution in [-0.4, -0.2) is 12.3 Å². The highest BCUT2D eigenvalue weighted by atomic mass is 79.9. The molecule has 0 aliphatic carbocycles. The van der Waals surface area contributed by atoms with Crippen LogP contribution >= 0.6 is 27.5 Å². The zero-order valence-corrected chi connectivity index (χ0v) is 9.57. The Labute approximate surface area is 97.4 Å². The molecule has 0 N–H and O–H groups in total. The molecule has 1 aromatic carbocycles. The van der Waals surface area contributed by atoms with E-state index in [-0.39, 0.29) is 5.56 Å². The van der Waals surface area contributed by atoms with Gasteiger partial charge >= 0.3 is 12.3 Å². The van der Waals surface area contributed by atoms with Crippen molar-refractivity contribution in [2.45, 2.75) is 17.2 Å². The van der Waals surface area contributed by atoms with E-state index < -0.39 is 17.2 Å². The lowest BCUT2D eigenvalue weighted by Crippen LogP contribution is -2.31. The van der Waals surface area contributed by atoms with Crippen LogP contribution in [0.4, 0.5) is 17.6 Å². The largest absolute Gasteiger partial charge is 0.323 e. The summed E-state index contributed by atoms with van der Waals surface area (Å²) in [7, 11) is 0. The molecule has 15 heavy (non-hydrogen) atoms. The quantitative estimate of drug-likeness (QED) is 0.562. The Kier molecular flexibility index (Phi) is 4.00. The number of halogens is 6. The van der Waals surface area contributed by atoms with Crippen molar-refractivity contribution in [2.24, 2.45) is 0 Å². The van der Waals surface area contributed by atoms with Crippen LogP contribution < -0.4 is 0 Å². The summed E-state index contributed by atoms with van der Waals surface area (Å²) in [6.45, 7) is 0. The first-order valence-electron chi connectivity index (χ1n) is 3.91. The number of hydrogen-bond acceptors (Lipinski definition) is 0. The minimum absolute atomic E-state index is 0.0599. The molecular weight excluding hydrogens is 299 g/mol. The first-order chi connectivity index (χ1) is 6.85. The average Bonchev–Trinajstić information content (AvgIpc) is 2.17. The van der Waals surface area contributed by atoms with Crippen LogP contribution in [0, 0.1) is 0 Å². The average molecular weight is 305 g/mol. The second kappa shape index (κ2) is 4.70. The van der Waals surface area contributed by atoms with E-state index in [1.54, 1.807) is 0 Å². The predicted octanol–water partition coefficient (Wildman–Crippen LogP) is 4.68. The van der Waals surface area contributed by atoms with Gasteiger partial charge in [-0.05, 0) is 17.7 Å². The summed E-state index contributed by atoms with van der Waals surface area (Å²) in [5.41, 5.74) is 0.0599. The fourth-order valence-electron chi connectivity index (χ4n) is 0.965. The third kappa shape index (κ3) is 2.84. The molecule has 0 radical (unpaired) electrons. The number of rotatable bonds is 3. The van der Waals surface area contributed by atoms with Crippen molar-refractivity contribution in [3.8, 4) is 0 Å². The Morgan fingerprint density at radius 2 is 1.60 bits per heavy atom. The molecule has 1 atom stereocenters. The van der Waals surface area contributed by atoms with Crippen LogP contribution in [-0.2, 0) is 0 Å². The van der Waals surface area contributed by atoms with Crippen molar-refractivity contribution in [3.63, 3.8) is 0 Å². The van der Waals surface area contributed by atoms with E-state index in [1.165, 1.54) is 24.3 Å². The fourth-order valence-corrected chi connectivity index (χ4v) is 1.60. The molecule has 0 bridgehead atoms. The molecule has 1 aromatic rings. The van der Waals surface area contributed by atoms with Crippen LogP contribution in [0.1, 0.15) is 10.4 Å². The Hall–Kier alpha value is -0.290. The molecule has 0 aliphatic heterocycles. The van der Waals surface area contributed by atoms with Crippen LogP contribution in [0.15, 0.2) is 24.3 Å². The summed E-state index contributed by atoms with van der Waals surface area (Å²) in [5.74, 6) is -4.10. The van der Waals surface area contributed by atoms with Crippen LogP contribution in [0.2, 0.25) is 5.02 Å². The monoisotopic (exact) mass is 304 g/mol. The van der Waals surface area contributed by atoms with E-state index in [9.17, 15) is 17.6 Å². The Morgan fingerprint density at radius 1 is 1.13 bits per heavy atom. The van der Waals surface area contributed by atoms with Gasteiger partial charge in [0, 0.05) is 5.02 Å². The van der Waals surface area contributed by atoms with Gasteiger partial charge in [-0.25, -0.2) is 8.78 Å². The van der Waals surface area contributed by atoms with Crippen LogP contribution in [0.25, 0.3) is 0 Å². The molecular formula is C9H6BrClF4. The van der Waals surface area contributed by atoms with Crippen molar-refractivity contribution >= 4 is 27.5 Å². The van der Waals surface area contributed by atoms with Gasteiger partial charge in [0.2, 0.25) is 0 Å². The molecule has 0 saturated carbocycles. The maximum absolute atomic E-state index is 12.9. The highest BCUT2D eigenvalue weighted by Gasteiger charge is 2.48. The van der Waals surface area contributed by atoms with Gasteiger partial charge in [0.05, 0.1) is 0 Å². The van der Waals surface area contributed by atoms with Gasteiger partial charge in [-0.2, -0.15) is 8.78 Å². The van der Waals surface area contributed by atoms with E-state index in [4.69, 9.17) is 11.6 Å². The van der Waals surface area contributed by atoms with Gasteiger partial charge in [0.1, 0.15) is 4.83 Å². The van der Waals surface area contributed by atoms with Crippen molar-refractivity contribution in [3.05, 3.63) is 34.9 Å². The number of alkyl halides is 5. The lowest BCUT2D eigenvalue weighted by Gasteiger charge is -2.21. The van der Waals surface area contributed by atoms with Crippen LogP contribution in [0.3, 0.4) is 0 Å². The maximum Gasteiger partial charge on any atom is 0.323 e. The van der Waals surface area contributed by atoms with Gasteiger partial charge < -0.3 is 0 Å². The molecule has 0 fully saturated rings. The van der Waals surface area contributed by atoms with Gasteiger partial charge in [0.15, 0.2) is 0 Å². The van der Waals surface area contributed by atoms with E-state index in [0.717, 1.165) is 0 Å². The predicted molar refractivity (Wildman–Crippen MR) is 54.1 cm³/mol. The number of hydrogen-bond donors (Lipinski definition) is 0. The lowest BCUT2D eigenvalue weighted by molar-refractivity contribution is -0.127. The molecule has 0 spiro atoms. The normalized spacial score (nSPS) is 14.3. The molecule has 84 valence electrons. The summed E-state index contributed by atoms with van der Waals surface area (Å²) in [4.78, 5) is -1.72. The fraction of sp³-hybridized carbons (Fsp3) is 0.333. The second-order valence-electron chi connectivity index (χ2n) is 2.89. The molecule has 0 saturated heterocycles. The standard InChI is InChI=1S/C9H6BrClF4/c10-7(9(14,15)8(12)13)5-1-3-6(11)4-2-5/h1-4,7-8H. The lowest BCUT2D eigenvalue weighted by atomic mass is 10.1. The van der Waals surface area contributed by atoms with Crippen molar-refractivity contribution in [1.82, 2.24) is 0 Å². The van der Waals surface area contributed by atoms with Crippen LogP contribution in [0.5, 0.6) is 0 Å². The first kappa shape index (κ1) is 12.8. The van der Waals surface area contributed by atoms with Crippen molar-refractivity contribution in [1.29, 1.82) is 0 Å². The van der Waals surface area contributed by atoms with E-state index in [1.807, 2.05) is 0 Å². The summed E-state index contributed by atoms with van der Waals surface area (Å²) in [6, 6.07) is 5.29. The highest BCUT2D eigenvalue weighted by molar-refractivity contribution is 9.09. The number of benzene rings is 1. The Bertz CT molecular complexity index is 325. The summed E-state index contributed by atoms with van der Waals surface area (Å²) < 4.78 is 49.8. The molecule has 0 nitrogen and oxygen atoms in total. The SMILES string of the molecule is FC(F)C(F)(F)C(Br)c1ccc(Cl)cc1. The van der Waals surface area contributed by atoms with Gasteiger partial charge in [-0.1, -0.05) is 39.7 Å². The summed E-state index contributed by atoms with van der Waals surface area (Å²) in [5, 5.41) is 0.360. The molecule has 0 heterocycles. The summed E-state index contributed by atoms with van der Waals surface area (Å²) >= 11 is 8.10. The molecule has 0 amide bonds. The molecule has 1 unspecified atom stereocenters. The Morgan fingerprint density at radius 3 is 2.00 bits per heavy atom. The van der Waals surface area contributed by atoms with E-state index >= 15 is 0 Å². The smallest absolute Gasteiger partial charge is 0.204 e. The Balaban J connectivity index is 2.94. The minimum Gasteiger partial charge on any atom is -0.204 e. The zero-order chi connectivity index (χ0) is 11.6. The highest BCUT2D eigenvalue weighted by Crippen LogP contribution is 2.42. The van der Waals surface area contributed by atoms with Gasteiger partial charge in [-0.3, -0.25) is 0 Å². The molecule has 0 aromatic heterocycles. The molecule has 6 heteroatoms. The van der Waals surface area contributed by atoms with Crippen molar-refractivity contribution in [2.75, 3.05) is 0 Å². The summed E-state index contributed by atoms with van der Waals surface area (Å²) in [6.07, 6.45) is -3.71. The molecule has 1 rings (SSSR count). The van der Waals surface area contributed by atoms with E-state index in [0.29, 0.717) is 5.02 Å². The zero-order valence-electron chi connectivity index (χ0n) is 7.23. The minimum atomic E-state index is -4.10. The maximum atomic E-state index is 12.9. The van der Waals surface area contributed by atoms with E-state index in [2.05, 4.69) is 15.9 Å². The topological polar surface area (TPSA) is 0 Å². The van der Waals surface area contributed by atoms with Gasteiger partial charge in [-0.15, -0.1) is 0 Å². The molecule has 0 aliphatic rings. The van der Waals surface area contributed by atoms with Crippen molar-refractivity contribution < 1.29 is 17.6 Å². The van der Waals surface area contributed by atoms with Gasteiger partial charge in [0.25, 0.3) is 0 Å². The first-order valence-corrected chi connectivity index (χ1v) is 5.20. The second-order valence-corrected chi connectivity index (χ2v) is 4.24. The third-order valence-electron chi connectivity index (χ3n) is 1.79. The third-order valence-corrected chi connectivity index (χ3v) is 3.18.